The number of benzene rings is 3. The summed E-state index contributed by atoms with van der Waals surface area (Å²) in [6.07, 6.45) is 3.98. The molecule has 0 spiro atoms. The predicted octanol–water partition coefficient (Wildman–Crippen LogP) is 3.76. The summed E-state index contributed by atoms with van der Waals surface area (Å²) < 4.78 is 6.38. The lowest BCUT2D eigenvalue weighted by atomic mass is 9.88. The Hall–Kier alpha value is -3.93. The molecule has 0 aliphatic rings. The monoisotopic (exact) mass is 537 g/mol. The van der Waals surface area contributed by atoms with Gasteiger partial charge < -0.3 is 23.7 Å². The Bertz CT molecular complexity index is 1350. The Kier molecular flexibility index (Phi) is 12.1. The molecule has 0 N–H and O–H groups in total. The van der Waals surface area contributed by atoms with Crippen molar-refractivity contribution in [3.8, 4) is 45.4 Å². The number of rotatable bonds is 4. The van der Waals surface area contributed by atoms with Gasteiger partial charge in [-0.3, -0.25) is 0 Å². The molecule has 0 aliphatic carbocycles. The average molecular weight is 538 g/mol. The van der Waals surface area contributed by atoms with Crippen molar-refractivity contribution in [3.63, 3.8) is 0 Å². The van der Waals surface area contributed by atoms with Crippen LogP contribution in [0.1, 0.15) is 5.69 Å². The van der Waals surface area contributed by atoms with Crippen LogP contribution in [0, 0.1) is 12.0 Å². The summed E-state index contributed by atoms with van der Waals surface area (Å²) in [4.78, 5) is 4.56. The first-order valence-corrected chi connectivity index (χ1v) is 13.0. The lowest BCUT2D eigenvalue weighted by Crippen LogP contribution is -2.46. The fraction of sp³-hybridized carbons (Fsp3) is 0.242. The molecule has 6 nitrogen and oxygen atoms in total. The van der Waals surface area contributed by atoms with Crippen molar-refractivity contribution in [2.24, 2.45) is 0 Å². The van der Waals surface area contributed by atoms with E-state index in [9.17, 15) is 10.0 Å². The van der Waals surface area contributed by atoms with Crippen LogP contribution < -0.4 is 10.0 Å². The molecule has 0 saturated heterocycles. The van der Waals surface area contributed by atoms with Crippen LogP contribution in [-0.2, 0) is 4.65 Å². The molecule has 208 valence electrons. The van der Waals surface area contributed by atoms with Crippen molar-refractivity contribution in [2.75, 3.05) is 56.4 Å². The second-order valence-corrected chi connectivity index (χ2v) is 11.9. The molecule has 4 aromatic rings. The highest BCUT2D eigenvalue weighted by Crippen LogP contribution is 2.40. The van der Waals surface area contributed by atoms with Crippen molar-refractivity contribution in [2.45, 2.75) is 0 Å². The van der Waals surface area contributed by atoms with Gasteiger partial charge in [0.1, 0.15) is 5.69 Å². The third-order valence-electron chi connectivity index (χ3n) is 4.61. The maximum atomic E-state index is 10.7. The fourth-order valence-electron chi connectivity index (χ4n) is 3.36. The third kappa shape index (κ3) is 12.3. The van der Waals surface area contributed by atoms with E-state index in [0.717, 1.165) is 42.3 Å². The molecule has 0 aliphatic heterocycles. The van der Waals surface area contributed by atoms with E-state index in [1.807, 2.05) is 91.0 Å². The number of quaternary nitrogens is 2. The summed E-state index contributed by atoms with van der Waals surface area (Å²) in [5.74, 6) is 2.75. The number of aromatic nitrogens is 1. The number of hydrogen-bond donors (Lipinski definition) is 0. The lowest BCUT2D eigenvalue weighted by molar-refractivity contribution is -0.849. The van der Waals surface area contributed by atoms with E-state index in [0.29, 0.717) is 5.69 Å². The standard InChI is InChI=1S/C25H16BNO3.2C4H12N/c28-26(29)30-17-16-23-25(21-14-8-3-9-15-21)24(20-12-6-2-7-13-20)22(18-27-23)19-10-4-1-5-11-19;2*1-5(2,3)4/h1-15,18H;2*1-4H3/q-2;2*+1. The summed E-state index contributed by atoms with van der Waals surface area (Å²) in [7, 11) is 14.5. The topological polar surface area (TPSA) is 68.2 Å². The molecular formula is C33H40BN3O3. The van der Waals surface area contributed by atoms with Gasteiger partial charge >= 0.3 is 0 Å². The molecule has 1 aromatic heterocycles. The van der Waals surface area contributed by atoms with Gasteiger partial charge in [0.15, 0.2) is 7.32 Å². The minimum atomic E-state index is -2.46. The highest BCUT2D eigenvalue weighted by Gasteiger charge is 2.18. The molecule has 0 unspecified atom stereocenters. The van der Waals surface area contributed by atoms with Gasteiger partial charge in [0.2, 0.25) is 0 Å². The van der Waals surface area contributed by atoms with E-state index in [1.165, 1.54) is 0 Å². The zero-order chi connectivity index (χ0) is 29.8. The molecule has 0 bridgehead atoms. The van der Waals surface area contributed by atoms with Crippen LogP contribution in [0.5, 0.6) is 0 Å². The molecule has 0 fully saturated rings. The fourth-order valence-corrected chi connectivity index (χ4v) is 3.36. The van der Waals surface area contributed by atoms with Crippen molar-refractivity contribution in [1.29, 1.82) is 0 Å². The first-order valence-electron chi connectivity index (χ1n) is 13.0. The van der Waals surface area contributed by atoms with Crippen molar-refractivity contribution in [3.05, 3.63) is 103 Å². The molecule has 0 atom stereocenters. The van der Waals surface area contributed by atoms with Gasteiger partial charge in [0, 0.05) is 22.9 Å². The summed E-state index contributed by atoms with van der Waals surface area (Å²) in [6.45, 7) is 0. The van der Waals surface area contributed by atoms with Crippen LogP contribution >= 0.6 is 0 Å². The molecule has 0 amide bonds. The van der Waals surface area contributed by atoms with Crippen LogP contribution in [0.15, 0.2) is 97.2 Å². The van der Waals surface area contributed by atoms with Crippen molar-refractivity contribution in [1.82, 2.24) is 4.98 Å². The summed E-state index contributed by atoms with van der Waals surface area (Å²) in [5.41, 5.74) is 6.12. The summed E-state index contributed by atoms with van der Waals surface area (Å²) >= 11 is 0. The average Bonchev–Trinajstić information content (AvgIpc) is 2.88. The van der Waals surface area contributed by atoms with Gasteiger partial charge in [-0.2, -0.15) is 0 Å². The van der Waals surface area contributed by atoms with E-state index >= 15 is 0 Å². The van der Waals surface area contributed by atoms with Gasteiger partial charge in [0.25, 0.3) is 0 Å². The lowest BCUT2D eigenvalue weighted by Gasteiger charge is -2.21. The minimum absolute atomic E-state index is 0.431. The molecule has 4 rings (SSSR count). The van der Waals surface area contributed by atoms with E-state index in [1.54, 1.807) is 6.20 Å². The highest BCUT2D eigenvalue weighted by molar-refractivity contribution is 6.28. The first-order chi connectivity index (χ1) is 18.7. The van der Waals surface area contributed by atoms with Crippen LogP contribution in [0.25, 0.3) is 33.4 Å². The molecule has 0 saturated carbocycles. The Morgan fingerprint density at radius 2 is 0.975 bits per heavy atom. The normalized spacial score (nSPS) is 10.6. The maximum Gasteiger partial charge on any atom is 0.150 e. The van der Waals surface area contributed by atoms with Gasteiger partial charge in [-0.1, -0.05) is 91.0 Å². The van der Waals surface area contributed by atoms with Gasteiger partial charge in [-0.15, -0.1) is 0 Å². The summed E-state index contributed by atoms with van der Waals surface area (Å²) in [5, 5.41) is 21.4. The van der Waals surface area contributed by atoms with Crippen LogP contribution in [0.4, 0.5) is 0 Å². The maximum absolute atomic E-state index is 10.7. The molecule has 7 heteroatoms. The van der Waals surface area contributed by atoms with Crippen LogP contribution in [0.3, 0.4) is 0 Å². The van der Waals surface area contributed by atoms with E-state index in [4.69, 9.17) is 0 Å². The molecule has 3 aromatic carbocycles. The second kappa shape index (κ2) is 15.0. The van der Waals surface area contributed by atoms with E-state index < -0.39 is 7.32 Å². The minimum Gasteiger partial charge on any atom is -0.859 e. The number of nitrogens with zero attached hydrogens (tertiary/aromatic N) is 3. The van der Waals surface area contributed by atoms with Crippen molar-refractivity contribution >= 4 is 7.32 Å². The van der Waals surface area contributed by atoms with Crippen LogP contribution in [-0.4, -0.2) is 77.7 Å². The number of hydrogen-bond acceptors (Lipinski definition) is 4. The van der Waals surface area contributed by atoms with Gasteiger partial charge in [-0.05, 0) is 22.6 Å². The number of pyridine rings is 1. The smallest absolute Gasteiger partial charge is 0.150 e. The zero-order valence-corrected chi connectivity index (χ0v) is 24.9. The third-order valence-corrected chi connectivity index (χ3v) is 4.61. The van der Waals surface area contributed by atoms with Crippen molar-refractivity contribution < 1.29 is 23.7 Å². The Labute approximate surface area is 240 Å². The molecule has 40 heavy (non-hydrogen) atoms. The van der Waals surface area contributed by atoms with E-state index in [-0.39, 0.29) is 0 Å². The second-order valence-electron chi connectivity index (χ2n) is 11.9. The van der Waals surface area contributed by atoms with Gasteiger partial charge in [0.05, 0.1) is 62.5 Å². The molecule has 1 heterocycles. The highest BCUT2D eigenvalue weighted by atomic mass is 16.6. The zero-order valence-electron chi connectivity index (χ0n) is 24.9. The predicted molar refractivity (Wildman–Crippen MR) is 162 cm³/mol. The first kappa shape index (κ1) is 32.3. The quantitative estimate of drug-likeness (QED) is 0.226. The Morgan fingerprint density at radius 3 is 1.38 bits per heavy atom. The van der Waals surface area contributed by atoms with Crippen LogP contribution in [0.2, 0.25) is 0 Å². The van der Waals surface area contributed by atoms with Gasteiger partial charge in [-0.25, -0.2) is 4.98 Å². The summed E-state index contributed by atoms with van der Waals surface area (Å²) in [6, 6.07) is 29.8. The Morgan fingerprint density at radius 1 is 0.600 bits per heavy atom. The Balaban J connectivity index is 0.000000482. The molecular weight excluding hydrogens is 497 g/mol. The SMILES string of the molecule is C[N+](C)(C)C.C[N+](C)(C)C.[O-]B([O-])OC#Cc1ncc(-c2ccccc2)c(-c2ccccc2)c1-c1ccccc1. The molecule has 0 radical (unpaired) electrons. The van der Waals surface area contributed by atoms with E-state index in [2.05, 4.69) is 78.0 Å². The largest absolute Gasteiger partial charge is 0.859 e.